The highest BCUT2D eigenvalue weighted by Gasteiger charge is 2.34. The summed E-state index contributed by atoms with van der Waals surface area (Å²) in [6.07, 6.45) is -4.65. The number of hydrogen-bond acceptors (Lipinski definition) is 3. The van der Waals surface area contributed by atoms with Crippen LogP contribution in [0.4, 0.5) is 23.2 Å². The van der Waals surface area contributed by atoms with Gasteiger partial charge in [0.15, 0.2) is 0 Å². The summed E-state index contributed by atoms with van der Waals surface area (Å²) in [5.74, 6) is -0.504. The monoisotopic (exact) mass is 418 g/mol. The number of rotatable bonds is 7. The predicted octanol–water partition coefficient (Wildman–Crippen LogP) is 4.84. The number of nitrogens with one attached hydrogen (secondary N) is 1. The van der Waals surface area contributed by atoms with Gasteiger partial charge in [-0.1, -0.05) is 11.6 Å². The Morgan fingerprint density at radius 2 is 1.86 bits per heavy atom. The number of amides is 1. The van der Waals surface area contributed by atoms with Gasteiger partial charge in [-0.3, -0.25) is 9.69 Å². The molecule has 1 unspecified atom stereocenters. The minimum absolute atomic E-state index is 0.0755. The summed E-state index contributed by atoms with van der Waals surface area (Å²) in [5, 5.41) is 2.22. The molecule has 4 nitrogen and oxygen atoms in total. The van der Waals surface area contributed by atoms with Gasteiger partial charge in [-0.25, -0.2) is 4.39 Å². The van der Waals surface area contributed by atoms with E-state index < -0.39 is 23.7 Å². The van der Waals surface area contributed by atoms with Crippen molar-refractivity contribution in [2.24, 2.45) is 0 Å². The second-order valence-electron chi connectivity index (χ2n) is 6.14. The number of benzene rings is 2. The van der Waals surface area contributed by atoms with E-state index in [2.05, 4.69) is 5.32 Å². The molecule has 152 valence electrons. The molecule has 0 heterocycles. The van der Waals surface area contributed by atoms with Gasteiger partial charge in [0.1, 0.15) is 18.2 Å². The topological polar surface area (TPSA) is 41.6 Å². The van der Waals surface area contributed by atoms with Crippen LogP contribution in [0.5, 0.6) is 5.75 Å². The maximum Gasteiger partial charge on any atom is 0.418 e. The zero-order valence-corrected chi connectivity index (χ0v) is 15.9. The number of anilines is 1. The van der Waals surface area contributed by atoms with Crippen LogP contribution in [-0.4, -0.2) is 37.0 Å². The molecule has 0 saturated heterocycles. The highest BCUT2D eigenvalue weighted by molar-refractivity contribution is 6.30. The summed E-state index contributed by atoms with van der Waals surface area (Å²) in [5.41, 5.74) is -1.37. The molecule has 9 heteroatoms. The van der Waals surface area contributed by atoms with Gasteiger partial charge in [0.25, 0.3) is 0 Å². The molecular formula is C19H19ClF4N2O2. The SMILES string of the molecule is CC(C(=O)Nc1ccc(Cl)cc1C(F)(F)F)N(C)CCOc1ccc(F)cc1. The lowest BCUT2D eigenvalue weighted by Gasteiger charge is -2.24. The summed E-state index contributed by atoms with van der Waals surface area (Å²) in [6, 6.07) is 7.93. The molecule has 2 rings (SSSR count). The summed E-state index contributed by atoms with van der Waals surface area (Å²) in [4.78, 5) is 14.0. The average molecular weight is 419 g/mol. The molecule has 0 radical (unpaired) electrons. The third kappa shape index (κ3) is 6.10. The van der Waals surface area contributed by atoms with Crippen molar-refractivity contribution in [2.45, 2.75) is 19.1 Å². The first kappa shape index (κ1) is 22.0. The van der Waals surface area contributed by atoms with E-state index in [1.807, 2.05) is 0 Å². The minimum Gasteiger partial charge on any atom is -0.492 e. The van der Waals surface area contributed by atoms with Crippen LogP contribution in [-0.2, 0) is 11.0 Å². The van der Waals surface area contributed by atoms with E-state index in [4.69, 9.17) is 16.3 Å². The predicted molar refractivity (Wildman–Crippen MR) is 99.1 cm³/mol. The number of likely N-dealkylation sites (N-methyl/N-ethyl adjacent to an activating group) is 1. The van der Waals surface area contributed by atoms with Crippen LogP contribution in [0.2, 0.25) is 5.02 Å². The Balaban J connectivity index is 1.94. The normalized spacial score (nSPS) is 12.7. The van der Waals surface area contributed by atoms with Gasteiger partial charge in [-0.15, -0.1) is 0 Å². The van der Waals surface area contributed by atoms with E-state index in [0.29, 0.717) is 12.3 Å². The highest BCUT2D eigenvalue weighted by Crippen LogP contribution is 2.36. The molecule has 2 aromatic carbocycles. The lowest BCUT2D eigenvalue weighted by atomic mass is 10.1. The fourth-order valence-corrected chi connectivity index (χ4v) is 2.50. The summed E-state index contributed by atoms with van der Waals surface area (Å²) in [7, 11) is 1.64. The van der Waals surface area contributed by atoms with Gasteiger partial charge in [-0.2, -0.15) is 13.2 Å². The number of hydrogen-bond donors (Lipinski definition) is 1. The van der Waals surface area contributed by atoms with E-state index >= 15 is 0 Å². The molecule has 28 heavy (non-hydrogen) atoms. The van der Waals surface area contributed by atoms with E-state index in [1.165, 1.54) is 30.3 Å². The summed E-state index contributed by atoms with van der Waals surface area (Å²) in [6.45, 7) is 2.11. The fraction of sp³-hybridized carbons (Fsp3) is 0.316. The third-order valence-electron chi connectivity index (χ3n) is 4.11. The quantitative estimate of drug-likeness (QED) is 0.654. The Morgan fingerprint density at radius 1 is 1.21 bits per heavy atom. The van der Waals surface area contributed by atoms with Crippen LogP contribution < -0.4 is 10.1 Å². The lowest BCUT2D eigenvalue weighted by molar-refractivity contribution is -0.137. The summed E-state index contributed by atoms with van der Waals surface area (Å²) >= 11 is 5.63. The fourth-order valence-electron chi connectivity index (χ4n) is 2.33. The number of carbonyl (C=O) groups excluding carboxylic acids is 1. The van der Waals surface area contributed by atoms with Crippen LogP contribution in [0.15, 0.2) is 42.5 Å². The van der Waals surface area contributed by atoms with Gasteiger partial charge in [0, 0.05) is 11.6 Å². The Hall–Kier alpha value is -2.32. The van der Waals surface area contributed by atoms with Crippen LogP contribution in [0, 0.1) is 5.82 Å². The Kier molecular flexibility index (Phi) is 7.26. The van der Waals surface area contributed by atoms with Crippen molar-refractivity contribution in [3.63, 3.8) is 0 Å². The molecule has 1 N–H and O–H groups in total. The van der Waals surface area contributed by atoms with E-state index in [0.717, 1.165) is 12.1 Å². The van der Waals surface area contributed by atoms with Gasteiger partial charge in [0.2, 0.25) is 5.91 Å². The van der Waals surface area contributed by atoms with Crippen molar-refractivity contribution in [3.05, 3.63) is 58.9 Å². The van der Waals surface area contributed by atoms with Gasteiger partial charge >= 0.3 is 6.18 Å². The molecule has 2 aromatic rings. The smallest absolute Gasteiger partial charge is 0.418 e. The van der Waals surface area contributed by atoms with Crippen molar-refractivity contribution < 1.29 is 27.1 Å². The molecule has 0 spiro atoms. The van der Waals surface area contributed by atoms with Crippen LogP contribution in [0.1, 0.15) is 12.5 Å². The van der Waals surface area contributed by atoms with Crippen molar-refractivity contribution in [1.82, 2.24) is 4.90 Å². The second-order valence-corrected chi connectivity index (χ2v) is 6.57. The van der Waals surface area contributed by atoms with E-state index in [-0.39, 0.29) is 23.1 Å². The highest BCUT2D eigenvalue weighted by atomic mass is 35.5. The van der Waals surface area contributed by atoms with Crippen LogP contribution >= 0.6 is 11.6 Å². The number of halogens is 5. The first-order valence-electron chi connectivity index (χ1n) is 8.34. The van der Waals surface area contributed by atoms with Gasteiger partial charge in [-0.05, 0) is 56.4 Å². The van der Waals surface area contributed by atoms with Crippen molar-refractivity contribution in [2.75, 3.05) is 25.5 Å². The number of nitrogens with zero attached hydrogens (tertiary/aromatic N) is 1. The molecule has 0 saturated carbocycles. The first-order chi connectivity index (χ1) is 13.1. The van der Waals surface area contributed by atoms with E-state index in [9.17, 15) is 22.4 Å². The molecule has 0 aliphatic rings. The van der Waals surface area contributed by atoms with Gasteiger partial charge in [0.05, 0.1) is 17.3 Å². The number of carbonyl (C=O) groups is 1. The average Bonchev–Trinajstić information content (AvgIpc) is 2.63. The lowest BCUT2D eigenvalue weighted by Crippen LogP contribution is -2.41. The molecule has 0 fully saturated rings. The third-order valence-corrected chi connectivity index (χ3v) is 4.35. The van der Waals surface area contributed by atoms with Crippen molar-refractivity contribution >= 4 is 23.2 Å². The molecular weight excluding hydrogens is 400 g/mol. The zero-order chi connectivity index (χ0) is 20.9. The maximum absolute atomic E-state index is 13.1. The van der Waals surface area contributed by atoms with Gasteiger partial charge < -0.3 is 10.1 Å². The first-order valence-corrected chi connectivity index (χ1v) is 8.72. The Labute approximate surface area is 165 Å². The second kappa shape index (κ2) is 9.25. The summed E-state index contributed by atoms with van der Waals surface area (Å²) < 4.78 is 57.7. The molecule has 0 aliphatic heterocycles. The van der Waals surface area contributed by atoms with Crippen LogP contribution in [0.25, 0.3) is 0 Å². The Morgan fingerprint density at radius 3 is 2.46 bits per heavy atom. The maximum atomic E-state index is 13.1. The van der Waals surface area contributed by atoms with Crippen molar-refractivity contribution in [1.29, 1.82) is 0 Å². The largest absolute Gasteiger partial charge is 0.492 e. The molecule has 0 bridgehead atoms. The molecule has 0 aromatic heterocycles. The van der Waals surface area contributed by atoms with E-state index in [1.54, 1.807) is 18.9 Å². The molecule has 1 amide bonds. The number of alkyl halides is 3. The minimum atomic E-state index is -4.65. The molecule has 0 aliphatic carbocycles. The zero-order valence-electron chi connectivity index (χ0n) is 15.2. The Bertz CT molecular complexity index is 813. The standard InChI is InChI=1S/C19H19ClF4N2O2/c1-12(26(2)9-10-28-15-6-4-14(21)5-7-15)18(27)25-17-8-3-13(20)11-16(17)19(22,23)24/h3-8,11-12H,9-10H2,1-2H3,(H,25,27). The number of ether oxygens (including phenoxy) is 1. The van der Waals surface area contributed by atoms with Crippen molar-refractivity contribution in [3.8, 4) is 5.75 Å². The van der Waals surface area contributed by atoms with Crippen LogP contribution in [0.3, 0.4) is 0 Å². The molecule has 1 atom stereocenters.